The molecule has 6 heteroatoms. The zero-order chi connectivity index (χ0) is 18.2. The zero-order valence-electron chi connectivity index (χ0n) is 14.5. The molecule has 0 aromatic heterocycles. The Bertz CT molecular complexity index is 578. The lowest BCUT2D eigenvalue weighted by Crippen LogP contribution is -2.39. The van der Waals surface area contributed by atoms with Gasteiger partial charge in [0, 0.05) is 0 Å². The van der Waals surface area contributed by atoms with Crippen molar-refractivity contribution < 1.29 is 23.5 Å². The van der Waals surface area contributed by atoms with Crippen LogP contribution in [0, 0.1) is 0 Å². The van der Waals surface area contributed by atoms with Crippen LogP contribution < -0.4 is 5.32 Å². The summed E-state index contributed by atoms with van der Waals surface area (Å²) < 4.78 is 23.7. The van der Waals surface area contributed by atoms with Gasteiger partial charge in [0.05, 0.1) is 12.6 Å². The van der Waals surface area contributed by atoms with E-state index in [2.05, 4.69) is 10.1 Å². The largest absolute Gasteiger partial charge is 0.461 e. The van der Waals surface area contributed by atoms with Gasteiger partial charge in [-0.3, -0.25) is 0 Å². The number of amides is 1. The number of nitrogens with one attached hydrogen (secondary N) is 1. The van der Waals surface area contributed by atoms with Crippen LogP contribution in [-0.2, 0) is 20.7 Å². The van der Waals surface area contributed by atoms with Gasteiger partial charge < -0.3 is 14.8 Å². The Morgan fingerprint density at radius 2 is 1.88 bits per heavy atom. The van der Waals surface area contributed by atoms with E-state index in [0.29, 0.717) is 6.42 Å². The molecule has 1 aromatic carbocycles. The first-order valence-corrected chi connectivity index (χ1v) is 7.79. The van der Waals surface area contributed by atoms with E-state index >= 15 is 0 Å². The molecule has 0 radical (unpaired) electrons. The second-order valence-corrected chi connectivity index (χ2v) is 6.18. The highest BCUT2D eigenvalue weighted by molar-refractivity contribution is 5.86. The number of ether oxygens (including phenoxy) is 2. The third-order valence-electron chi connectivity index (χ3n) is 2.82. The van der Waals surface area contributed by atoms with Crippen molar-refractivity contribution in [2.75, 3.05) is 6.61 Å². The highest BCUT2D eigenvalue weighted by atomic mass is 19.1. The van der Waals surface area contributed by atoms with Crippen LogP contribution in [0.5, 0.6) is 0 Å². The predicted octanol–water partition coefficient (Wildman–Crippen LogP) is 3.54. The molecule has 1 atom stereocenters. The van der Waals surface area contributed by atoms with Gasteiger partial charge in [-0.05, 0) is 45.8 Å². The van der Waals surface area contributed by atoms with Crippen LogP contribution in [0.25, 0.3) is 0 Å². The molecule has 0 aliphatic heterocycles. The topological polar surface area (TPSA) is 64.6 Å². The third kappa shape index (κ3) is 7.76. The van der Waals surface area contributed by atoms with Crippen molar-refractivity contribution in [2.24, 2.45) is 0 Å². The number of hydrogen-bond donors (Lipinski definition) is 1. The SMILES string of the molecule is CCOC(=O)/C(F)=C\C(Cc1ccccc1)NC(=O)OC(C)(C)C. The van der Waals surface area contributed by atoms with Gasteiger partial charge in [0.25, 0.3) is 0 Å². The predicted molar refractivity (Wildman–Crippen MR) is 89.1 cm³/mol. The van der Waals surface area contributed by atoms with Gasteiger partial charge in [-0.2, -0.15) is 4.39 Å². The van der Waals surface area contributed by atoms with E-state index < -0.39 is 29.5 Å². The summed E-state index contributed by atoms with van der Waals surface area (Å²) in [6, 6.07) is 8.48. The minimum absolute atomic E-state index is 0.0724. The summed E-state index contributed by atoms with van der Waals surface area (Å²) in [6.07, 6.45) is 0.665. The van der Waals surface area contributed by atoms with Crippen molar-refractivity contribution in [1.29, 1.82) is 0 Å². The van der Waals surface area contributed by atoms with E-state index in [0.717, 1.165) is 11.6 Å². The van der Waals surface area contributed by atoms with Crippen molar-refractivity contribution in [3.63, 3.8) is 0 Å². The second kappa shape index (κ2) is 9.05. The quantitative estimate of drug-likeness (QED) is 0.637. The van der Waals surface area contributed by atoms with Crippen molar-refractivity contribution in [1.82, 2.24) is 5.32 Å². The molecule has 0 aliphatic carbocycles. The average molecular weight is 337 g/mol. The fourth-order valence-electron chi connectivity index (χ4n) is 1.92. The lowest BCUT2D eigenvalue weighted by molar-refractivity contribution is -0.140. The fraction of sp³-hybridized carbons (Fsp3) is 0.444. The monoisotopic (exact) mass is 337 g/mol. The first-order chi connectivity index (χ1) is 11.2. The standard InChI is InChI=1S/C18H24FNO4/c1-5-23-16(21)15(19)12-14(11-13-9-7-6-8-10-13)20-17(22)24-18(2,3)4/h6-10,12,14H,5,11H2,1-4H3,(H,20,22)/b15-12+. The Kier molecular flexibility index (Phi) is 7.42. The van der Waals surface area contributed by atoms with Gasteiger partial charge >= 0.3 is 12.1 Å². The van der Waals surface area contributed by atoms with Gasteiger partial charge in [0.2, 0.25) is 5.83 Å². The molecule has 0 saturated heterocycles. The van der Waals surface area contributed by atoms with E-state index in [1.54, 1.807) is 27.7 Å². The molecule has 0 heterocycles. The van der Waals surface area contributed by atoms with E-state index in [1.165, 1.54) is 0 Å². The summed E-state index contributed by atoms with van der Waals surface area (Å²) in [5.74, 6) is -2.10. The molecule has 1 N–H and O–H groups in total. The van der Waals surface area contributed by atoms with Crippen molar-refractivity contribution >= 4 is 12.1 Å². The number of alkyl carbamates (subject to hydrolysis) is 1. The average Bonchev–Trinajstić information content (AvgIpc) is 2.46. The number of carbonyl (C=O) groups is 2. The molecule has 5 nitrogen and oxygen atoms in total. The molecule has 1 unspecified atom stereocenters. The summed E-state index contributed by atoms with van der Waals surface area (Å²) in [5, 5.41) is 2.56. The summed E-state index contributed by atoms with van der Waals surface area (Å²) in [7, 11) is 0. The Morgan fingerprint density at radius 3 is 2.42 bits per heavy atom. The summed E-state index contributed by atoms with van der Waals surface area (Å²) in [4.78, 5) is 23.4. The molecule has 0 fully saturated rings. The van der Waals surface area contributed by atoms with Gasteiger partial charge in [-0.15, -0.1) is 0 Å². The van der Waals surface area contributed by atoms with Crippen LogP contribution in [0.2, 0.25) is 0 Å². The first kappa shape index (κ1) is 19.7. The van der Waals surface area contributed by atoms with Gasteiger partial charge in [-0.1, -0.05) is 30.3 Å². The number of carbonyl (C=O) groups excluding carboxylic acids is 2. The molecule has 0 bridgehead atoms. The van der Waals surface area contributed by atoms with Crippen LogP contribution in [-0.4, -0.2) is 30.3 Å². The number of halogens is 1. The van der Waals surface area contributed by atoms with Crippen molar-refractivity contribution in [2.45, 2.75) is 45.8 Å². The molecule has 24 heavy (non-hydrogen) atoms. The molecular formula is C18H24FNO4. The lowest BCUT2D eigenvalue weighted by Gasteiger charge is -2.22. The Labute approximate surface area is 141 Å². The molecule has 0 spiro atoms. The maximum absolute atomic E-state index is 13.9. The maximum Gasteiger partial charge on any atom is 0.408 e. The van der Waals surface area contributed by atoms with Gasteiger partial charge in [0.1, 0.15) is 5.60 Å². The lowest BCUT2D eigenvalue weighted by atomic mass is 10.1. The Hall–Kier alpha value is -2.37. The van der Waals surface area contributed by atoms with E-state index in [-0.39, 0.29) is 6.61 Å². The first-order valence-electron chi connectivity index (χ1n) is 7.79. The highest BCUT2D eigenvalue weighted by Gasteiger charge is 2.21. The summed E-state index contributed by atoms with van der Waals surface area (Å²) in [6.45, 7) is 6.85. The smallest absolute Gasteiger partial charge is 0.408 e. The van der Waals surface area contributed by atoms with Crippen LogP contribution in [0.4, 0.5) is 9.18 Å². The third-order valence-corrected chi connectivity index (χ3v) is 2.82. The van der Waals surface area contributed by atoms with E-state index in [9.17, 15) is 14.0 Å². The summed E-state index contributed by atoms with van der Waals surface area (Å²) >= 11 is 0. The Balaban J connectivity index is 2.88. The van der Waals surface area contributed by atoms with E-state index in [4.69, 9.17) is 4.74 Å². The molecular weight excluding hydrogens is 313 g/mol. The van der Waals surface area contributed by atoms with Crippen molar-refractivity contribution in [3.05, 3.63) is 47.8 Å². The normalized spacial score (nSPS) is 13.1. The van der Waals surface area contributed by atoms with Crippen LogP contribution >= 0.6 is 0 Å². The number of rotatable bonds is 6. The maximum atomic E-state index is 13.9. The molecule has 132 valence electrons. The fourth-order valence-corrected chi connectivity index (χ4v) is 1.92. The summed E-state index contributed by atoms with van der Waals surface area (Å²) in [5.41, 5.74) is 0.205. The molecule has 1 amide bonds. The molecule has 1 aromatic rings. The zero-order valence-corrected chi connectivity index (χ0v) is 14.5. The number of benzene rings is 1. The molecule has 0 saturated carbocycles. The number of hydrogen-bond acceptors (Lipinski definition) is 4. The van der Waals surface area contributed by atoms with Crippen LogP contribution in [0.1, 0.15) is 33.3 Å². The minimum atomic E-state index is -1.05. The molecule has 1 rings (SSSR count). The van der Waals surface area contributed by atoms with E-state index in [1.807, 2.05) is 30.3 Å². The van der Waals surface area contributed by atoms with Crippen molar-refractivity contribution in [3.8, 4) is 0 Å². The second-order valence-electron chi connectivity index (χ2n) is 6.18. The minimum Gasteiger partial charge on any atom is -0.461 e. The van der Waals surface area contributed by atoms with Crippen LogP contribution in [0.15, 0.2) is 42.2 Å². The van der Waals surface area contributed by atoms with Gasteiger partial charge in [-0.25, -0.2) is 9.59 Å². The highest BCUT2D eigenvalue weighted by Crippen LogP contribution is 2.11. The molecule has 0 aliphatic rings. The van der Waals surface area contributed by atoms with Crippen LogP contribution in [0.3, 0.4) is 0 Å². The van der Waals surface area contributed by atoms with Gasteiger partial charge in [0.15, 0.2) is 0 Å². The number of esters is 1. The Morgan fingerprint density at radius 1 is 1.25 bits per heavy atom.